The number of aromatic nitrogens is 4. The van der Waals surface area contributed by atoms with Crippen molar-refractivity contribution in [3.8, 4) is 0 Å². The summed E-state index contributed by atoms with van der Waals surface area (Å²) in [5, 5.41) is 15.4. The molecule has 0 atom stereocenters. The zero-order valence-electron chi connectivity index (χ0n) is 10.8. The standard InChI is InChI=1S/C11H20N6O2/c12-8-2-4-9(5-3-8)19-7-1-6-13-11(18)10-14-16-17-15-10/h8-9H,1-7,12H2,(H,13,18)(H,14,15,16,17). The van der Waals surface area contributed by atoms with Crippen LogP contribution in [0.3, 0.4) is 0 Å². The lowest BCUT2D eigenvalue weighted by Crippen LogP contribution is -2.31. The van der Waals surface area contributed by atoms with Crippen LogP contribution in [0.25, 0.3) is 0 Å². The first kappa shape index (κ1) is 13.9. The number of nitrogens with zero attached hydrogens (tertiary/aromatic N) is 3. The molecule has 1 aliphatic rings. The molecular weight excluding hydrogens is 248 g/mol. The average Bonchev–Trinajstić information content (AvgIpc) is 2.94. The fourth-order valence-corrected chi connectivity index (χ4v) is 2.12. The van der Waals surface area contributed by atoms with Crippen molar-refractivity contribution in [3.63, 3.8) is 0 Å². The molecule has 1 heterocycles. The summed E-state index contributed by atoms with van der Waals surface area (Å²) in [4.78, 5) is 11.5. The van der Waals surface area contributed by atoms with E-state index in [1.165, 1.54) is 0 Å². The smallest absolute Gasteiger partial charge is 0.292 e. The zero-order chi connectivity index (χ0) is 13.5. The molecule has 1 aliphatic carbocycles. The minimum atomic E-state index is -0.322. The van der Waals surface area contributed by atoms with Gasteiger partial charge in [-0.3, -0.25) is 4.79 Å². The summed E-state index contributed by atoms with van der Waals surface area (Å²) in [5.41, 5.74) is 5.83. The van der Waals surface area contributed by atoms with E-state index in [9.17, 15) is 4.79 Å². The molecular formula is C11H20N6O2. The molecule has 8 nitrogen and oxygen atoms in total. The highest BCUT2D eigenvalue weighted by Gasteiger charge is 2.18. The maximum absolute atomic E-state index is 11.5. The van der Waals surface area contributed by atoms with Gasteiger partial charge in [0.1, 0.15) is 0 Å². The van der Waals surface area contributed by atoms with Gasteiger partial charge in [0.05, 0.1) is 6.10 Å². The normalized spacial score (nSPS) is 23.2. The van der Waals surface area contributed by atoms with E-state index in [0.29, 0.717) is 25.3 Å². The van der Waals surface area contributed by atoms with Crippen LogP contribution in [0.5, 0.6) is 0 Å². The van der Waals surface area contributed by atoms with Crippen molar-refractivity contribution in [3.05, 3.63) is 5.82 Å². The van der Waals surface area contributed by atoms with Crippen molar-refractivity contribution in [2.24, 2.45) is 5.73 Å². The lowest BCUT2D eigenvalue weighted by molar-refractivity contribution is 0.0241. The topological polar surface area (TPSA) is 119 Å². The lowest BCUT2D eigenvalue weighted by atomic mass is 9.94. The number of hydrogen-bond acceptors (Lipinski definition) is 6. The number of amides is 1. The van der Waals surface area contributed by atoms with E-state index in [4.69, 9.17) is 10.5 Å². The van der Waals surface area contributed by atoms with Crippen LogP contribution in [0.15, 0.2) is 0 Å². The predicted octanol–water partition coefficient (Wildman–Crippen LogP) is -0.394. The summed E-state index contributed by atoms with van der Waals surface area (Å²) in [5.74, 6) is -0.264. The van der Waals surface area contributed by atoms with Crippen molar-refractivity contribution in [1.82, 2.24) is 25.9 Å². The third-order valence-corrected chi connectivity index (χ3v) is 3.23. The molecule has 1 amide bonds. The van der Waals surface area contributed by atoms with E-state index in [-0.39, 0.29) is 11.7 Å². The Hall–Kier alpha value is -1.54. The van der Waals surface area contributed by atoms with Crippen LogP contribution in [0, 0.1) is 0 Å². The van der Waals surface area contributed by atoms with Gasteiger partial charge in [-0.1, -0.05) is 0 Å². The minimum absolute atomic E-state index is 0.0576. The van der Waals surface area contributed by atoms with Gasteiger partial charge < -0.3 is 15.8 Å². The lowest BCUT2D eigenvalue weighted by Gasteiger charge is -2.26. The second-order valence-electron chi connectivity index (χ2n) is 4.75. The number of rotatable bonds is 6. The Kier molecular flexibility index (Phi) is 5.22. The number of carbonyl (C=O) groups is 1. The Morgan fingerprint density at radius 3 is 2.89 bits per heavy atom. The molecule has 0 unspecified atom stereocenters. The molecule has 0 bridgehead atoms. The molecule has 0 aromatic carbocycles. The Morgan fingerprint density at radius 1 is 1.42 bits per heavy atom. The monoisotopic (exact) mass is 268 g/mol. The highest BCUT2D eigenvalue weighted by atomic mass is 16.5. The summed E-state index contributed by atoms with van der Waals surface area (Å²) in [6.45, 7) is 1.19. The Bertz CT molecular complexity index is 375. The first-order chi connectivity index (χ1) is 9.25. The average molecular weight is 268 g/mol. The number of nitrogens with one attached hydrogen (secondary N) is 2. The third kappa shape index (κ3) is 4.56. The van der Waals surface area contributed by atoms with Gasteiger partial charge in [0.2, 0.25) is 0 Å². The maximum atomic E-state index is 11.5. The molecule has 0 radical (unpaired) electrons. The quantitative estimate of drug-likeness (QED) is 0.604. The van der Waals surface area contributed by atoms with E-state index >= 15 is 0 Å². The number of tetrazole rings is 1. The highest BCUT2D eigenvalue weighted by molar-refractivity contribution is 5.89. The molecule has 8 heteroatoms. The van der Waals surface area contributed by atoms with E-state index in [0.717, 1.165) is 32.1 Å². The summed E-state index contributed by atoms with van der Waals surface area (Å²) in [6.07, 6.45) is 5.25. The van der Waals surface area contributed by atoms with E-state index < -0.39 is 0 Å². The van der Waals surface area contributed by atoms with Gasteiger partial charge in [0.25, 0.3) is 11.7 Å². The van der Waals surface area contributed by atoms with E-state index in [1.807, 2.05) is 0 Å². The number of nitrogens with two attached hydrogens (primary N) is 1. The summed E-state index contributed by atoms with van der Waals surface area (Å²) in [7, 11) is 0. The third-order valence-electron chi connectivity index (χ3n) is 3.23. The number of ether oxygens (including phenoxy) is 1. The zero-order valence-corrected chi connectivity index (χ0v) is 10.8. The highest BCUT2D eigenvalue weighted by Crippen LogP contribution is 2.19. The molecule has 2 rings (SSSR count). The van der Waals surface area contributed by atoms with Crippen LogP contribution in [0.2, 0.25) is 0 Å². The maximum Gasteiger partial charge on any atom is 0.292 e. The molecule has 1 fully saturated rings. The van der Waals surface area contributed by atoms with Crippen molar-refractivity contribution >= 4 is 5.91 Å². The fourth-order valence-electron chi connectivity index (χ4n) is 2.12. The van der Waals surface area contributed by atoms with Crippen LogP contribution in [-0.4, -0.2) is 51.8 Å². The molecule has 1 aromatic rings. The summed E-state index contributed by atoms with van der Waals surface area (Å²) >= 11 is 0. The Balaban J connectivity index is 1.51. The van der Waals surface area contributed by atoms with Crippen LogP contribution in [0.4, 0.5) is 0 Å². The molecule has 0 aliphatic heterocycles. The minimum Gasteiger partial charge on any atom is -0.378 e. The van der Waals surface area contributed by atoms with Gasteiger partial charge in [-0.2, -0.15) is 5.21 Å². The Labute approximate surface area is 111 Å². The largest absolute Gasteiger partial charge is 0.378 e. The number of carbonyl (C=O) groups excluding carboxylic acids is 1. The van der Waals surface area contributed by atoms with Crippen molar-refractivity contribution < 1.29 is 9.53 Å². The van der Waals surface area contributed by atoms with E-state index in [2.05, 4.69) is 25.9 Å². The second kappa shape index (κ2) is 7.15. The van der Waals surface area contributed by atoms with Gasteiger partial charge in [-0.05, 0) is 37.3 Å². The SMILES string of the molecule is NC1CCC(OCCCNC(=O)c2nn[nH]n2)CC1. The fraction of sp³-hybridized carbons (Fsp3) is 0.818. The van der Waals surface area contributed by atoms with Crippen molar-refractivity contribution in [1.29, 1.82) is 0 Å². The van der Waals surface area contributed by atoms with Gasteiger partial charge in [-0.25, -0.2) is 0 Å². The van der Waals surface area contributed by atoms with Crippen molar-refractivity contribution in [2.75, 3.05) is 13.2 Å². The Morgan fingerprint density at radius 2 is 2.21 bits per heavy atom. The van der Waals surface area contributed by atoms with E-state index in [1.54, 1.807) is 0 Å². The molecule has 0 spiro atoms. The molecule has 106 valence electrons. The molecule has 0 saturated heterocycles. The number of hydrogen-bond donors (Lipinski definition) is 3. The number of aromatic amines is 1. The van der Waals surface area contributed by atoms with Gasteiger partial charge in [0.15, 0.2) is 0 Å². The predicted molar refractivity (Wildman–Crippen MR) is 67.3 cm³/mol. The van der Waals surface area contributed by atoms with Crippen molar-refractivity contribution in [2.45, 2.75) is 44.2 Å². The molecule has 4 N–H and O–H groups in total. The second-order valence-corrected chi connectivity index (χ2v) is 4.75. The van der Waals surface area contributed by atoms with Gasteiger partial charge in [-0.15, -0.1) is 10.2 Å². The molecule has 19 heavy (non-hydrogen) atoms. The van der Waals surface area contributed by atoms with Crippen LogP contribution in [-0.2, 0) is 4.74 Å². The first-order valence-corrected chi connectivity index (χ1v) is 6.64. The summed E-state index contributed by atoms with van der Waals surface area (Å²) in [6, 6.07) is 0.342. The molecule has 1 saturated carbocycles. The van der Waals surface area contributed by atoms with Gasteiger partial charge >= 0.3 is 0 Å². The summed E-state index contributed by atoms with van der Waals surface area (Å²) < 4.78 is 5.75. The van der Waals surface area contributed by atoms with Crippen LogP contribution < -0.4 is 11.1 Å². The number of H-pyrrole nitrogens is 1. The first-order valence-electron chi connectivity index (χ1n) is 6.64. The van der Waals surface area contributed by atoms with Crippen LogP contribution in [0.1, 0.15) is 42.7 Å². The molecule has 1 aromatic heterocycles. The van der Waals surface area contributed by atoms with Crippen LogP contribution >= 0.6 is 0 Å². The van der Waals surface area contributed by atoms with Gasteiger partial charge in [0, 0.05) is 19.2 Å².